The average Bonchev–Trinajstić information content (AvgIpc) is 2.87. The lowest BCUT2D eigenvalue weighted by Gasteiger charge is -2.37. The molecule has 0 unspecified atom stereocenters. The number of likely N-dealkylation sites (tertiary alicyclic amines) is 1. The molecular weight excluding hydrogens is 401 g/mol. The van der Waals surface area contributed by atoms with E-state index in [0.29, 0.717) is 31.8 Å². The minimum Gasteiger partial charge on any atom is -0.325 e. The highest BCUT2D eigenvalue weighted by Crippen LogP contribution is 2.31. The molecule has 1 aromatic rings. The maximum atomic E-state index is 12.9. The van der Waals surface area contributed by atoms with Crippen molar-refractivity contribution in [2.75, 3.05) is 31.5 Å². The monoisotopic (exact) mass is 426 g/mol. The van der Waals surface area contributed by atoms with Crippen molar-refractivity contribution in [3.05, 3.63) is 29.8 Å². The smallest absolute Gasteiger partial charge is 0.325 e. The number of halogens is 3. The van der Waals surface area contributed by atoms with Gasteiger partial charge in [-0.25, -0.2) is 4.79 Å². The van der Waals surface area contributed by atoms with Crippen LogP contribution in [0.25, 0.3) is 0 Å². The Bertz CT molecular complexity index is 833. The van der Waals surface area contributed by atoms with Crippen molar-refractivity contribution < 1.29 is 27.6 Å². The van der Waals surface area contributed by atoms with Crippen molar-refractivity contribution in [1.82, 2.24) is 15.1 Å². The standard InChI is InChI=1S/C20H25F3N4O3/c1-13(2)11-26-8-6-19(7-9-26)17(29)27(18(30)25-19)12-16(28)24-15-5-3-4-14(10-15)20(21,22)23/h3-5,10,13H,6-9,11-12H2,1-2H3,(H,24,28)(H,25,30). The Hall–Kier alpha value is -2.62. The van der Waals surface area contributed by atoms with Crippen LogP contribution in [0.3, 0.4) is 0 Å². The molecule has 3 rings (SSSR count). The minimum atomic E-state index is -4.54. The van der Waals surface area contributed by atoms with E-state index >= 15 is 0 Å². The molecule has 0 atom stereocenters. The van der Waals surface area contributed by atoms with Crippen molar-refractivity contribution in [1.29, 1.82) is 0 Å². The van der Waals surface area contributed by atoms with Gasteiger partial charge < -0.3 is 15.5 Å². The predicted octanol–water partition coefficient (Wildman–Crippen LogP) is 2.69. The van der Waals surface area contributed by atoms with Gasteiger partial charge in [0.1, 0.15) is 12.1 Å². The second-order valence-corrected chi connectivity index (χ2v) is 8.22. The summed E-state index contributed by atoms with van der Waals surface area (Å²) in [6, 6.07) is 3.52. The van der Waals surface area contributed by atoms with Crippen molar-refractivity contribution in [2.45, 2.75) is 38.4 Å². The molecule has 0 saturated carbocycles. The van der Waals surface area contributed by atoms with Gasteiger partial charge in [0.05, 0.1) is 5.56 Å². The Balaban J connectivity index is 1.62. The summed E-state index contributed by atoms with van der Waals surface area (Å²) >= 11 is 0. The summed E-state index contributed by atoms with van der Waals surface area (Å²) in [4.78, 5) is 40.6. The fourth-order valence-electron chi connectivity index (χ4n) is 3.91. The van der Waals surface area contributed by atoms with E-state index in [0.717, 1.165) is 23.6 Å². The van der Waals surface area contributed by atoms with E-state index in [-0.39, 0.29) is 5.69 Å². The maximum absolute atomic E-state index is 12.9. The van der Waals surface area contributed by atoms with Crippen LogP contribution >= 0.6 is 0 Å². The van der Waals surface area contributed by atoms with E-state index in [1.54, 1.807) is 0 Å². The van der Waals surface area contributed by atoms with Crippen LogP contribution in [-0.2, 0) is 15.8 Å². The SMILES string of the molecule is CC(C)CN1CCC2(CC1)NC(=O)N(CC(=O)Nc1cccc(C(F)(F)F)c1)C2=O. The third kappa shape index (κ3) is 4.75. The lowest BCUT2D eigenvalue weighted by molar-refractivity contribution is -0.137. The molecule has 2 heterocycles. The third-order valence-corrected chi connectivity index (χ3v) is 5.35. The highest BCUT2D eigenvalue weighted by molar-refractivity contribution is 6.10. The lowest BCUT2D eigenvalue weighted by Crippen LogP contribution is -2.55. The van der Waals surface area contributed by atoms with Gasteiger partial charge >= 0.3 is 12.2 Å². The number of piperidine rings is 1. The summed E-state index contributed by atoms with van der Waals surface area (Å²) in [6.07, 6.45) is -3.63. The number of rotatable bonds is 5. The Labute approximate surface area is 172 Å². The predicted molar refractivity (Wildman–Crippen MR) is 104 cm³/mol. The number of benzene rings is 1. The zero-order chi connectivity index (χ0) is 22.1. The molecule has 2 saturated heterocycles. The fourth-order valence-corrected chi connectivity index (χ4v) is 3.91. The van der Waals surface area contributed by atoms with E-state index in [1.807, 2.05) is 0 Å². The summed E-state index contributed by atoms with van der Waals surface area (Å²) in [5.41, 5.74) is -1.97. The largest absolute Gasteiger partial charge is 0.416 e. The molecule has 10 heteroatoms. The van der Waals surface area contributed by atoms with Gasteiger partial charge in [0.15, 0.2) is 0 Å². The molecular formula is C20H25F3N4O3. The van der Waals surface area contributed by atoms with Crippen LogP contribution in [0, 0.1) is 5.92 Å². The van der Waals surface area contributed by atoms with Crippen molar-refractivity contribution in [3.63, 3.8) is 0 Å². The summed E-state index contributed by atoms with van der Waals surface area (Å²) < 4.78 is 38.4. The van der Waals surface area contributed by atoms with Crippen LogP contribution < -0.4 is 10.6 Å². The summed E-state index contributed by atoms with van der Waals surface area (Å²) in [6.45, 7) is 5.89. The molecule has 0 radical (unpaired) electrons. The number of nitrogens with zero attached hydrogens (tertiary/aromatic N) is 2. The quantitative estimate of drug-likeness (QED) is 0.710. The van der Waals surface area contributed by atoms with Crippen LogP contribution in [0.5, 0.6) is 0 Å². The molecule has 7 nitrogen and oxygen atoms in total. The van der Waals surface area contributed by atoms with Crippen LogP contribution in [-0.4, -0.2) is 59.4 Å². The number of hydrogen-bond donors (Lipinski definition) is 2. The first-order chi connectivity index (χ1) is 14.0. The number of alkyl halides is 3. The Kier molecular flexibility index (Phi) is 6.07. The topological polar surface area (TPSA) is 81.8 Å². The van der Waals surface area contributed by atoms with E-state index in [2.05, 4.69) is 29.4 Å². The van der Waals surface area contributed by atoms with Crippen LogP contribution in [0.1, 0.15) is 32.3 Å². The molecule has 164 valence electrons. The zero-order valence-corrected chi connectivity index (χ0v) is 16.9. The van der Waals surface area contributed by atoms with E-state index in [1.165, 1.54) is 12.1 Å². The molecule has 2 aliphatic heterocycles. The summed E-state index contributed by atoms with van der Waals surface area (Å²) in [7, 11) is 0. The Morgan fingerprint density at radius 2 is 1.90 bits per heavy atom. The zero-order valence-electron chi connectivity index (χ0n) is 16.9. The van der Waals surface area contributed by atoms with Gasteiger partial charge in [0.2, 0.25) is 5.91 Å². The number of anilines is 1. The number of hydrogen-bond acceptors (Lipinski definition) is 4. The normalized spacial score (nSPS) is 19.5. The van der Waals surface area contributed by atoms with Crippen LogP contribution in [0.2, 0.25) is 0 Å². The Morgan fingerprint density at radius 3 is 2.50 bits per heavy atom. The number of carbonyl (C=O) groups excluding carboxylic acids is 3. The highest BCUT2D eigenvalue weighted by Gasteiger charge is 2.52. The van der Waals surface area contributed by atoms with Crippen molar-refractivity contribution in [3.8, 4) is 0 Å². The Morgan fingerprint density at radius 1 is 1.23 bits per heavy atom. The molecule has 0 aromatic heterocycles. The first-order valence-corrected chi connectivity index (χ1v) is 9.84. The maximum Gasteiger partial charge on any atom is 0.416 e. The van der Waals surface area contributed by atoms with Crippen molar-refractivity contribution in [2.24, 2.45) is 5.92 Å². The van der Waals surface area contributed by atoms with E-state index in [9.17, 15) is 27.6 Å². The molecule has 0 bridgehead atoms. The molecule has 1 spiro atoms. The number of urea groups is 1. The molecule has 30 heavy (non-hydrogen) atoms. The lowest BCUT2D eigenvalue weighted by atomic mass is 9.87. The van der Waals surface area contributed by atoms with Crippen molar-refractivity contribution >= 4 is 23.5 Å². The molecule has 2 aliphatic rings. The summed E-state index contributed by atoms with van der Waals surface area (Å²) in [5.74, 6) is -0.716. The van der Waals surface area contributed by atoms with E-state index in [4.69, 9.17) is 0 Å². The van der Waals surface area contributed by atoms with Gasteiger partial charge in [-0.1, -0.05) is 19.9 Å². The number of carbonyl (C=O) groups is 3. The molecule has 2 N–H and O–H groups in total. The van der Waals surface area contributed by atoms with Gasteiger partial charge in [0.25, 0.3) is 5.91 Å². The van der Waals surface area contributed by atoms with Gasteiger partial charge in [-0.15, -0.1) is 0 Å². The second kappa shape index (κ2) is 8.25. The van der Waals surface area contributed by atoms with Gasteiger partial charge in [-0.2, -0.15) is 13.2 Å². The third-order valence-electron chi connectivity index (χ3n) is 5.35. The molecule has 1 aromatic carbocycles. The van der Waals surface area contributed by atoms with Gasteiger partial charge in [-0.05, 0) is 37.0 Å². The van der Waals surface area contributed by atoms with Gasteiger partial charge in [-0.3, -0.25) is 14.5 Å². The second-order valence-electron chi connectivity index (χ2n) is 8.22. The molecule has 0 aliphatic carbocycles. The fraction of sp³-hybridized carbons (Fsp3) is 0.550. The first kappa shape index (κ1) is 22.1. The number of amides is 4. The van der Waals surface area contributed by atoms with Crippen LogP contribution in [0.4, 0.5) is 23.7 Å². The molecule has 4 amide bonds. The number of nitrogens with one attached hydrogen (secondary N) is 2. The van der Waals surface area contributed by atoms with Crippen LogP contribution in [0.15, 0.2) is 24.3 Å². The molecule has 2 fully saturated rings. The average molecular weight is 426 g/mol. The van der Waals surface area contributed by atoms with E-state index < -0.39 is 41.7 Å². The minimum absolute atomic E-state index is 0.0569. The summed E-state index contributed by atoms with van der Waals surface area (Å²) in [5, 5.41) is 5.04. The highest BCUT2D eigenvalue weighted by atomic mass is 19.4. The van der Waals surface area contributed by atoms with Gasteiger partial charge in [0, 0.05) is 25.3 Å². The first-order valence-electron chi connectivity index (χ1n) is 9.84. The number of imide groups is 1.